The Kier molecular flexibility index (Phi) is 5.40. The summed E-state index contributed by atoms with van der Waals surface area (Å²) in [7, 11) is 0. The minimum atomic E-state index is -0.134. The Balaban J connectivity index is 3.11. The van der Waals surface area contributed by atoms with Crippen molar-refractivity contribution in [1.82, 2.24) is 5.32 Å². The molecule has 106 valence electrons. The van der Waals surface area contributed by atoms with E-state index in [1.54, 1.807) is 0 Å². The Hall–Kier alpha value is -1.51. The number of carbonyl (C=O) groups excluding carboxylic acids is 1. The third-order valence-electron chi connectivity index (χ3n) is 3.03. The molecule has 0 bridgehead atoms. The van der Waals surface area contributed by atoms with Crippen LogP contribution in [0.3, 0.4) is 0 Å². The van der Waals surface area contributed by atoms with Crippen LogP contribution in [-0.2, 0) is 0 Å². The molecule has 2 amide bonds. The molecule has 0 fully saturated rings. The van der Waals surface area contributed by atoms with Crippen LogP contribution in [0.15, 0.2) is 18.2 Å². The lowest BCUT2D eigenvalue weighted by Crippen LogP contribution is -2.34. The molecular formula is C16H26N2O. The molecule has 3 nitrogen and oxygen atoms in total. The standard InChI is InChI=1S/C16H26N2O/c1-10(2)13-8-7-9-14(11(3)4)15(13)18-16(19)17-12(5)6/h7-12H,1-6H3,(H2,17,18,19). The predicted molar refractivity (Wildman–Crippen MR) is 81.9 cm³/mol. The molecule has 0 aromatic heterocycles. The Bertz CT molecular complexity index is 410. The zero-order valence-corrected chi connectivity index (χ0v) is 12.9. The molecule has 1 aromatic carbocycles. The third-order valence-corrected chi connectivity index (χ3v) is 3.03. The van der Waals surface area contributed by atoms with Gasteiger partial charge in [-0.2, -0.15) is 0 Å². The van der Waals surface area contributed by atoms with Gasteiger partial charge in [0.15, 0.2) is 0 Å². The normalized spacial score (nSPS) is 11.2. The maximum Gasteiger partial charge on any atom is 0.319 e. The zero-order chi connectivity index (χ0) is 14.6. The van der Waals surface area contributed by atoms with Crippen molar-refractivity contribution in [2.45, 2.75) is 59.4 Å². The summed E-state index contributed by atoms with van der Waals surface area (Å²) in [5.41, 5.74) is 3.33. The summed E-state index contributed by atoms with van der Waals surface area (Å²) in [5, 5.41) is 5.90. The number of para-hydroxylation sites is 1. The van der Waals surface area contributed by atoms with E-state index in [0.29, 0.717) is 11.8 Å². The fourth-order valence-corrected chi connectivity index (χ4v) is 2.11. The lowest BCUT2D eigenvalue weighted by molar-refractivity contribution is 0.250. The highest BCUT2D eigenvalue weighted by Gasteiger charge is 2.15. The van der Waals surface area contributed by atoms with Crippen LogP contribution in [0, 0.1) is 0 Å². The van der Waals surface area contributed by atoms with E-state index in [4.69, 9.17) is 0 Å². The van der Waals surface area contributed by atoms with E-state index >= 15 is 0 Å². The number of benzene rings is 1. The molecule has 0 saturated carbocycles. The topological polar surface area (TPSA) is 41.1 Å². The Morgan fingerprint density at radius 3 is 1.79 bits per heavy atom. The summed E-state index contributed by atoms with van der Waals surface area (Å²) >= 11 is 0. The molecule has 0 aliphatic heterocycles. The number of carbonyl (C=O) groups is 1. The van der Waals surface area contributed by atoms with E-state index in [2.05, 4.69) is 56.5 Å². The van der Waals surface area contributed by atoms with Crippen LogP contribution in [0.25, 0.3) is 0 Å². The molecule has 19 heavy (non-hydrogen) atoms. The molecular weight excluding hydrogens is 236 g/mol. The van der Waals surface area contributed by atoms with Crippen LogP contribution in [0.2, 0.25) is 0 Å². The third kappa shape index (κ3) is 4.27. The van der Waals surface area contributed by atoms with Crippen molar-refractivity contribution in [3.63, 3.8) is 0 Å². The summed E-state index contributed by atoms with van der Waals surface area (Å²) < 4.78 is 0. The van der Waals surface area contributed by atoms with Crippen LogP contribution in [0.5, 0.6) is 0 Å². The average molecular weight is 262 g/mol. The van der Waals surface area contributed by atoms with Crippen LogP contribution >= 0.6 is 0 Å². The molecule has 0 radical (unpaired) electrons. The second kappa shape index (κ2) is 6.60. The Labute approximate surface area is 116 Å². The Morgan fingerprint density at radius 2 is 1.42 bits per heavy atom. The maximum atomic E-state index is 12.0. The second-order valence-electron chi connectivity index (χ2n) is 5.87. The number of hydrogen-bond donors (Lipinski definition) is 2. The van der Waals surface area contributed by atoms with Crippen molar-refractivity contribution in [1.29, 1.82) is 0 Å². The molecule has 1 aromatic rings. The van der Waals surface area contributed by atoms with Crippen molar-refractivity contribution in [3.05, 3.63) is 29.3 Å². The van der Waals surface area contributed by atoms with E-state index in [1.807, 2.05) is 13.8 Å². The summed E-state index contributed by atoms with van der Waals surface area (Å²) in [6.07, 6.45) is 0. The quantitative estimate of drug-likeness (QED) is 0.826. The molecule has 2 N–H and O–H groups in total. The number of amides is 2. The van der Waals surface area contributed by atoms with Crippen molar-refractivity contribution in [2.75, 3.05) is 5.32 Å². The first kappa shape index (κ1) is 15.5. The Morgan fingerprint density at radius 1 is 0.947 bits per heavy atom. The summed E-state index contributed by atoms with van der Waals surface area (Å²) in [6, 6.07) is 6.23. The van der Waals surface area contributed by atoms with Crippen molar-refractivity contribution in [2.24, 2.45) is 0 Å². The van der Waals surface area contributed by atoms with E-state index in [0.717, 1.165) is 5.69 Å². The van der Waals surface area contributed by atoms with Crippen molar-refractivity contribution >= 4 is 11.7 Å². The predicted octanol–water partition coefficient (Wildman–Crippen LogP) is 4.46. The lowest BCUT2D eigenvalue weighted by Gasteiger charge is -2.21. The number of rotatable bonds is 4. The minimum Gasteiger partial charge on any atom is -0.336 e. The molecule has 0 atom stereocenters. The zero-order valence-electron chi connectivity index (χ0n) is 12.9. The lowest BCUT2D eigenvalue weighted by atomic mass is 9.93. The van der Waals surface area contributed by atoms with Gasteiger partial charge in [-0.05, 0) is 36.8 Å². The highest BCUT2D eigenvalue weighted by Crippen LogP contribution is 2.32. The van der Waals surface area contributed by atoms with Gasteiger partial charge in [0.05, 0.1) is 0 Å². The largest absolute Gasteiger partial charge is 0.336 e. The van der Waals surface area contributed by atoms with Gasteiger partial charge in [-0.15, -0.1) is 0 Å². The van der Waals surface area contributed by atoms with Gasteiger partial charge in [0.25, 0.3) is 0 Å². The summed E-state index contributed by atoms with van der Waals surface area (Å²) in [5.74, 6) is 0.765. The summed E-state index contributed by atoms with van der Waals surface area (Å²) in [4.78, 5) is 12.0. The smallest absolute Gasteiger partial charge is 0.319 e. The average Bonchev–Trinajstić information content (AvgIpc) is 2.27. The maximum absolute atomic E-state index is 12.0. The van der Waals surface area contributed by atoms with Gasteiger partial charge in [-0.25, -0.2) is 4.79 Å². The van der Waals surface area contributed by atoms with E-state index in [9.17, 15) is 4.79 Å². The van der Waals surface area contributed by atoms with Crippen LogP contribution in [0.4, 0.5) is 10.5 Å². The first-order chi connectivity index (χ1) is 8.82. The van der Waals surface area contributed by atoms with Gasteiger partial charge in [0, 0.05) is 11.7 Å². The van der Waals surface area contributed by atoms with Crippen LogP contribution in [0.1, 0.15) is 64.5 Å². The second-order valence-corrected chi connectivity index (χ2v) is 5.87. The summed E-state index contributed by atoms with van der Waals surface area (Å²) in [6.45, 7) is 12.5. The van der Waals surface area contributed by atoms with E-state index in [1.165, 1.54) is 11.1 Å². The number of hydrogen-bond acceptors (Lipinski definition) is 1. The first-order valence-electron chi connectivity index (χ1n) is 7.03. The van der Waals surface area contributed by atoms with Crippen LogP contribution < -0.4 is 10.6 Å². The molecule has 0 heterocycles. The van der Waals surface area contributed by atoms with Gasteiger partial charge in [-0.3, -0.25) is 0 Å². The molecule has 0 saturated heterocycles. The molecule has 1 rings (SSSR count). The van der Waals surface area contributed by atoms with Crippen molar-refractivity contribution < 1.29 is 4.79 Å². The van der Waals surface area contributed by atoms with Gasteiger partial charge in [-0.1, -0.05) is 45.9 Å². The van der Waals surface area contributed by atoms with Gasteiger partial charge in [0.2, 0.25) is 0 Å². The molecule has 3 heteroatoms. The monoisotopic (exact) mass is 262 g/mol. The first-order valence-corrected chi connectivity index (χ1v) is 7.03. The number of anilines is 1. The number of nitrogens with one attached hydrogen (secondary N) is 2. The highest BCUT2D eigenvalue weighted by molar-refractivity contribution is 5.91. The van der Waals surface area contributed by atoms with Crippen molar-refractivity contribution in [3.8, 4) is 0 Å². The molecule has 0 aliphatic carbocycles. The minimum absolute atomic E-state index is 0.133. The van der Waals surface area contributed by atoms with Gasteiger partial charge in [0.1, 0.15) is 0 Å². The van der Waals surface area contributed by atoms with E-state index in [-0.39, 0.29) is 12.1 Å². The molecule has 0 spiro atoms. The number of urea groups is 1. The fourth-order valence-electron chi connectivity index (χ4n) is 2.11. The van der Waals surface area contributed by atoms with Crippen LogP contribution in [-0.4, -0.2) is 12.1 Å². The molecule has 0 aliphatic rings. The van der Waals surface area contributed by atoms with Gasteiger partial charge >= 0.3 is 6.03 Å². The van der Waals surface area contributed by atoms with E-state index < -0.39 is 0 Å². The SMILES string of the molecule is CC(C)NC(=O)Nc1c(C(C)C)cccc1C(C)C. The fraction of sp³-hybridized carbons (Fsp3) is 0.562. The molecule has 0 unspecified atom stereocenters. The van der Waals surface area contributed by atoms with Gasteiger partial charge < -0.3 is 10.6 Å². The highest BCUT2D eigenvalue weighted by atomic mass is 16.2.